The van der Waals surface area contributed by atoms with Crippen LogP contribution >= 0.6 is 0 Å². The third-order valence-electron chi connectivity index (χ3n) is 6.09. The van der Waals surface area contributed by atoms with E-state index in [9.17, 15) is 18.0 Å². The highest BCUT2D eigenvalue weighted by Gasteiger charge is 2.30. The van der Waals surface area contributed by atoms with Crippen molar-refractivity contribution in [3.63, 3.8) is 0 Å². The Kier molecular flexibility index (Phi) is 8.68. The fourth-order valence-corrected chi connectivity index (χ4v) is 5.39. The van der Waals surface area contributed by atoms with Crippen molar-refractivity contribution in [3.05, 3.63) is 60.2 Å². The maximum Gasteiger partial charge on any atom is 0.243 e. The van der Waals surface area contributed by atoms with Crippen LogP contribution in [0.2, 0.25) is 0 Å². The molecule has 3 rings (SSSR count). The predicted molar refractivity (Wildman–Crippen MR) is 133 cm³/mol. The molecule has 0 unspecified atom stereocenters. The van der Waals surface area contributed by atoms with Gasteiger partial charge in [0, 0.05) is 71.9 Å². The Labute approximate surface area is 202 Å². The molecule has 1 heterocycles. The van der Waals surface area contributed by atoms with Crippen molar-refractivity contribution >= 4 is 27.5 Å². The number of carbonyl (C=O) groups is 2. The van der Waals surface area contributed by atoms with Crippen LogP contribution in [0.5, 0.6) is 0 Å². The van der Waals surface area contributed by atoms with Crippen molar-refractivity contribution in [2.45, 2.75) is 31.2 Å². The summed E-state index contributed by atoms with van der Waals surface area (Å²) in [6, 6.07) is 16.4. The minimum atomic E-state index is -3.56. The van der Waals surface area contributed by atoms with Gasteiger partial charge in [0.1, 0.15) is 0 Å². The van der Waals surface area contributed by atoms with Crippen LogP contribution < -0.4 is 4.90 Å². The minimum absolute atomic E-state index is 0.0576. The summed E-state index contributed by atoms with van der Waals surface area (Å²) >= 11 is 0. The van der Waals surface area contributed by atoms with Crippen LogP contribution in [-0.2, 0) is 26.2 Å². The fourth-order valence-electron chi connectivity index (χ4n) is 3.95. The lowest BCUT2D eigenvalue weighted by molar-refractivity contribution is -0.137. The van der Waals surface area contributed by atoms with Crippen LogP contribution in [0.4, 0.5) is 5.69 Å². The van der Waals surface area contributed by atoms with Crippen LogP contribution in [0.3, 0.4) is 0 Å². The first kappa shape index (κ1) is 25.7. The third-order valence-corrected chi connectivity index (χ3v) is 8.00. The molecule has 0 bridgehead atoms. The number of hydrogen-bond donors (Lipinski definition) is 0. The summed E-state index contributed by atoms with van der Waals surface area (Å²) in [6.45, 7) is 4.16. The summed E-state index contributed by atoms with van der Waals surface area (Å²) in [5.74, 6) is -0.172. The molecule has 1 aliphatic heterocycles. The van der Waals surface area contributed by atoms with Gasteiger partial charge < -0.3 is 14.7 Å². The lowest BCUT2D eigenvalue weighted by Gasteiger charge is -2.34. The van der Waals surface area contributed by atoms with Gasteiger partial charge in [-0.25, -0.2) is 8.42 Å². The molecule has 0 saturated carbocycles. The van der Waals surface area contributed by atoms with Gasteiger partial charge in [-0.2, -0.15) is 4.31 Å². The van der Waals surface area contributed by atoms with E-state index in [1.54, 1.807) is 40.1 Å². The molecule has 1 fully saturated rings. The van der Waals surface area contributed by atoms with Gasteiger partial charge in [-0.3, -0.25) is 9.59 Å². The molecule has 2 aromatic carbocycles. The van der Waals surface area contributed by atoms with Gasteiger partial charge in [0.05, 0.1) is 4.90 Å². The van der Waals surface area contributed by atoms with Crippen molar-refractivity contribution in [2.24, 2.45) is 0 Å². The molecule has 9 heteroatoms. The zero-order valence-electron chi connectivity index (χ0n) is 20.2. The molecule has 0 aromatic heterocycles. The number of amides is 2. The first-order valence-corrected chi connectivity index (χ1v) is 13.0. The van der Waals surface area contributed by atoms with Crippen molar-refractivity contribution in [2.75, 3.05) is 51.7 Å². The van der Waals surface area contributed by atoms with E-state index in [-0.39, 0.29) is 42.6 Å². The summed E-state index contributed by atoms with van der Waals surface area (Å²) in [4.78, 5) is 31.1. The van der Waals surface area contributed by atoms with E-state index >= 15 is 0 Å². The molecule has 184 valence electrons. The summed E-state index contributed by atoms with van der Waals surface area (Å²) in [6.07, 6.45) is 0.269. The Bertz CT molecular complexity index is 1060. The predicted octanol–water partition coefficient (Wildman–Crippen LogP) is 2.41. The second-order valence-electron chi connectivity index (χ2n) is 8.57. The Morgan fingerprint density at radius 2 is 1.50 bits per heavy atom. The fraction of sp³-hybridized carbons (Fsp3) is 0.440. The number of carbonyl (C=O) groups excluding carboxylic acids is 2. The Morgan fingerprint density at radius 3 is 2.06 bits per heavy atom. The monoisotopic (exact) mass is 486 g/mol. The lowest BCUT2D eigenvalue weighted by Crippen LogP contribution is -2.50. The Balaban J connectivity index is 1.48. The van der Waals surface area contributed by atoms with E-state index in [0.29, 0.717) is 26.2 Å². The number of hydrogen-bond acceptors (Lipinski definition) is 5. The second-order valence-corrected chi connectivity index (χ2v) is 10.5. The largest absolute Gasteiger partial charge is 0.378 e. The summed E-state index contributed by atoms with van der Waals surface area (Å²) in [5, 5.41) is 0. The van der Waals surface area contributed by atoms with E-state index in [2.05, 4.69) is 0 Å². The number of benzene rings is 2. The van der Waals surface area contributed by atoms with Gasteiger partial charge in [0.15, 0.2) is 0 Å². The number of rotatable bonds is 9. The smallest absolute Gasteiger partial charge is 0.243 e. The molecular weight excluding hydrogens is 452 g/mol. The lowest BCUT2D eigenvalue weighted by atomic mass is 10.1. The van der Waals surface area contributed by atoms with Gasteiger partial charge in [0.25, 0.3) is 0 Å². The Hall–Kier alpha value is -2.91. The molecule has 0 spiro atoms. The van der Waals surface area contributed by atoms with Crippen LogP contribution in [-0.4, -0.2) is 81.2 Å². The van der Waals surface area contributed by atoms with E-state index in [4.69, 9.17) is 0 Å². The van der Waals surface area contributed by atoms with Gasteiger partial charge in [-0.1, -0.05) is 30.3 Å². The summed E-state index contributed by atoms with van der Waals surface area (Å²) in [7, 11) is 0.407. The van der Waals surface area contributed by atoms with Crippen LogP contribution in [0.15, 0.2) is 59.5 Å². The molecule has 34 heavy (non-hydrogen) atoms. The highest BCUT2D eigenvalue weighted by Crippen LogP contribution is 2.18. The van der Waals surface area contributed by atoms with Crippen LogP contribution in [0.25, 0.3) is 0 Å². The molecule has 0 radical (unpaired) electrons. The van der Waals surface area contributed by atoms with Gasteiger partial charge in [-0.15, -0.1) is 0 Å². The van der Waals surface area contributed by atoms with Crippen LogP contribution in [0.1, 0.15) is 25.3 Å². The highest BCUT2D eigenvalue weighted by molar-refractivity contribution is 7.89. The molecule has 1 aliphatic rings. The number of nitrogens with zero attached hydrogens (tertiary/aromatic N) is 4. The first-order chi connectivity index (χ1) is 16.2. The minimum Gasteiger partial charge on any atom is -0.378 e. The number of anilines is 1. The quantitative estimate of drug-likeness (QED) is 0.544. The molecule has 8 nitrogen and oxygen atoms in total. The molecule has 0 atom stereocenters. The first-order valence-electron chi connectivity index (χ1n) is 11.6. The van der Waals surface area contributed by atoms with E-state index in [0.717, 1.165) is 11.3 Å². The molecule has 0 aliphatic carbocycles. The van der Waals surface area contributed by atoms with Crippen molar-refractivity contribution in [1.29, 1.82) is 0 Å². The number of piperazine rings is 1. The average molecular weight is 487 g/mol. The molecule has 1 saturated heterocycles. The SMILES string of the molecule is CCN(Cc1ccc(N(C)C)cc1)C(=O)CCC(=O)N1CCN(S(=O)(=O)c2ccccc2)CC1. The van der Waals surface area contributed by atoms with E-state index in [1.807, 2.05) is 50.2 Å². The topological polar surface area (TPSA) is 81.2 Å². The maximum atomic E-state index is 12.8. The normalized spacial score (nSPS) is 14.6. The molecule has 0 N–H and O–H groups in total. The molecule has 2 aromatic rings. The van der Waals surface area contributed by atoms with Crippen molar-refractivity contribution in [3.8, 4) is 0 Å². The Morgan fingerprint density at radius 1 is 0.882 bits per heavy atom. The number of sulfonamides is 1. The molecule has 2 amide bonds. The summed E-state index contributed by atoms with van der Waals surface area (Å²) < 4.78 is 26.9. The van der Waals surface area contributed by atoms with Crippen molar-refractivity contribution < 1.29 is 18.0 Å². The zero-order chi connectivity index (χ0) is 24.7. The third kappa shape index (κ3) is 6.36. The van der Waals surface area contributed by atoms with Gasteiger partial charge >= 0.3 is 0 Å². The molecular formula is C25H34N4O4S. The van der Waals surface area contributed by atoms with E-state index in [1.165, 1.54) is 4.31 Å². The highest BCUT2D eigenvalue weighted by atomic mass is 32.2. The van der Waals surface area contributed by atoms with E-state index < -0.39 is 10.0 Å². The average Bonchev–Trinajstić information content (AvgIpc) is 2.86. The van der Waals surface area contributed by atoms with Crippen molar-refractivity contribution in [1.82, 2.24) is 14.1 Å². The van der Waals surface area contributed by atoms with Crippen LogP contribution in [0, 0.1) is 0 Å². The second kappa shape index (κ2) is 11.5. The van der Waals surface area contributed by atoms with Gasteiger partial charge in [0.2, 0.25) is 21.8 Å². The summed E-state index contributed by atoms with van der Waals surface area (Å²) in [5.41, 5.74) is 2.14. The van der Waals surface area contributed by atoms with Gasteiger partial charge in [-0.05, 0) is 36.8 Å². The standard InChI is InChI=1S/C25H34N4O4S/c1-4-27(20-21-10-12-22(13-11-21)26(2)3)24(30)14-15-25(31)28-16-18-29(19-17-28)34(32,33)23-8-6-5-7-9-23/h5-13H,4,14-20H2,1-3H3. The zero-order valence-corrected chi connectivity index (χ0v) is 21.0. The maximum absolute atomic E-state index is 12.8.